The maximum absolute atomic E-state index is 11.9. The smallest absolute Gasteiger partial charge is 0.254 e. The summed E-state index contributed by atoms with van der Waals surface area (Å²) in [4.78, 5) is 26.8. The van der Waals surface area contributed by atoms with Gasteiger partial charge in [-0.2, -0.15) is 5.26 Å². The van der Waals surface area contributed by atoms with E-state index in [1.165, 1.54) is 17.2 Å². The van der Waals surface area contributed by atoms with Crippen molar-refractivity contribution in [3.05, 3.63) is 34.2 Å². The minimum Gasteiger partial charge on any atom is -0.338 e. The van der Waals surface area contributed by atoms with Gasteiger partial charge in [0.25, 0.3) is 5.91 Å². The van der Waals surface area contributed by atoms with E-state index in [0.717, 1.165) is 0 Å². The molecule has 5 nitrogen and oxygen atoms in total. The van der Waals surface area contributed by atoms with Crippen LogP contribution in [-0.2, 0) is 0 Å². The Morgan fingerprint density at radius 3 is 2.94 bits per heavy atom. The summed E-state index contributed by atoms with van der Waals surface area (Å²) in [6.07, 6.45) is 1.70. The molecule has 1 aromatic rings. The summed E-state index contributed by atoms with van der Waals surface area (Å²) in [5.41, 5.74) is 0.0169. The highest BCUT2D eigenvalue weighted by Crippen LogP contribution is 2.06. The van der Waals surface area contributed by atoms with Crippen molar-refractivity contribution in [3.63, 3.8) is 0 Å². The first-order valence-corrected chi connectivity index (χ1v) is 4.89. The van der Waals surface area contributed by atoms with E-state index in [1.54, 1.807) is 20.0 Å². The number of nitrogens with one attached hydrogen (secondary N) is 1. The zero-order valence-electron chi connectivity index (χ0n) is 9.23. The Kier molecular flexibility index (Phi) is 3.84. The predicted octanol–water partition coefficient (Wildman–Crippen LogP) is 0.749. The second-order valence-electron chi connectivity index (χ2n) is 3.57. The zero-order valence-corrected chi connectivity index (χ0v) is 9.23. The molecule has 1 aromatic heterocycles. The number of rotatable bonds is 3. The second-order valence-corrected chi connectivity index (χ2v) is 3.57. The van der Waals surface area contributed by atoms with Crippen molar-refractivity contribution < 1.29 is 4.79 Å². The number of amides is 1. The van der Waals surface area contributed by atoms with Crippen molar-refractivity contribution in [2.45, 2.75) is 19.4 Å². The normalized spacial score (nSPS) is 11.6. The van der Waals surface area contributed by atoms with Gasteiger partial charge in [0.15, 0.2) is 0 Å². The van der Waals surface area contributed by atoms with Gasteiger partial charge < -0.3 is 9.88 Å². The molecule has 0 aromatic carbocycles. The van der Waals surface area contributed by atoms with Crippen LogP contribution < -0.4 is 5.56 Å². The van der Waals surface area contributed by atoms with Crippen LogP contribution in [0, 0.1) is 11.3 Å². The third-order valence-corrected chi connectivity index (χ3v) is 2.39. The van der Waals surface area contributed by atoms with Crippen molar-refractivity contribution in [2.24, 2.45) is 0 Å². The third kappa shape index (κ3) is 2.70. The minimum absolute atomic E-state index is 0.170. The van der Waals surface area contributed by atoms with Crippen LogP contribution in [0.3, 0.4) is 0 Å². The van der Waals surface area contributed by atoms with E-state index >= 15 is 0 Å². The predicted molar refractivity (Wildman–Crippen MR) is 58.8 cm³/mol. The van der Waals surface area contributed by atoms with E-state index in [0.29, 0.717) is 5.56 Å². The van der Waals surface area contributed by atoms with Crippen LogP contribution in [0.5, 0.6) is 0 Å². The van der Waals surface area contributed by atoms with Gasteiger partial charge in [0.2, 0.25) is 5.56 Å². The van der Waals surface area contributed by atoms with Gasteiger partial charge >= 0.3 is 0 Å². The topological polar surface area (TPSA) is 77.0 Å². The highest BCUT2D eigenvalue weighted by Gasteiger charge is 2.17. The zero-order chi connectivity index (χ0) is 12.1. The molecule has 0 aliphatic heterocycles. The molecule has 0 saturated heterocycles. The molecule has 0 aliphatic rings. The fraction of sp³-hybridized carbons (Fsp3) is 0.364. The number of hydrogen-bond acceptors (Lipinski definition) is 3. The number of pyridine rings is 1. The van der Waals surface area contributed by atoms with E-state index in [4.69, 9.17) is 5.26 Å². The van der Waals surface area contributed by atoms with Crippen molar-refractivity contribution in [2.75, 3.05) is 7.05 Å². The van der Waals surface area contributed by atoms with Crippen LogP contribution in [0.15, 0.2) is 23.1 Å². The lowest BCUT2D eigenvalue weighted by Gasteiger charge is -2.22. The van der Waals surface area contributed by atoms with Gasteiger partial charge in [0.1, 0.15) is 0 Å². The molecule has 0 fully saturated rings. The molecule has 0 spiro atoms. The Morgan fingerprint density at radius 2 is 2.38 bits per heavy atom. The van der Waals surface area contributed by atoms with Gasteiger partial charge in [-0.1, -0.05) is 0 Å². The standard InChI is InChI=1S/C11H13N3O2/c1-8(3-5-12)14(2)11(16)9-4-6-13-10(15)7-9/h4,6-8H,3H2,1-2H3,(H,13,15). The van der Waals surface area contributed by atoms with Crippen molar-refractivity contribution >= 4 is 5.91 Å². The molecule has 5 heteroatoms. The van der Waals surface area contributed by atoms with Crippen molar-refractivity contribution in [3.8, 4) is 6.07 Å². The van der Waals surface area contributed by atoms with E-state index < -0.39 is 0 Å². The molecule has 84 valence electrons. The highest BCUT2D eigenvalue weighted by atomic mass is 16.2. The Hall–Kier alpha value is -2.09. The number of nitrogens with zero attached hydrogens (tertiary/aromatic N) is 2. The molecule has 0 aliphatic carbocycles. The first-order chi connectivity index (χ1) is 7.56. The van der Waals surface area contributed by atoms with Crippen molar-refractivity contribution in [1.82, 2.24) is 9.88 Å². The van der Waals surface area contributed by atoms with Crippen LogP contribution in [-0.4, -0.2) is 28.9 Å². The van der Waals surface area contributed by atoms with E-state index in [2.05, 4.69) is 4.98 Å². The third-order valence-electron chi connectivity index (χ3n) is 2.39. The Bertz CT molecular complexity index is 473. The molecular weight excluding hydrogens is 206 g/mol. The number of hydrogen-bond donors (Lipinski definition) is 1. The number of carbonyl (C=O) groups excluding carboxylic acids is 1. The molecule has 16 heavy (non-hydrogen) atoms. The van der Waals surface area contributed by atoms with E-state index in [1.807, 2.05) is 6.07 Å². The van der Waals surface area contributed by atoms with Crippen LogP contribution >= 0.6 is 0 Å². The van der Waals surface area contributed by atoms with Gasteiger partial charge in [-0.05, 0) is 13.0 Å². The van der Waals surface area contributed by atoms with Gasteiger partial charge in [0, 0.05) is 30.9 Å². The minimum atomic E-state index is -0.313. The summed E-state index contributed by atoms with van der Waals surface area (Å²) < 4.78 is 0. The van der Waals surface area contributed by atoms with Crippen LogP contribution in [0.25, 0.3) is 0 Å². The maximum atomic E-state index is 11.9. The summed E-state index contributed by atoms with van der Waals surface area (Å²) >= 11 is 0. The molecule has 0 radical (unpaired) electrons. The number of aromatic amines is 1. The fourth-order valence-electron chi connectivity index (χ4n) is 1.25. The lowest BCUT2D eigenvalue weighted by molar-refractivity contribution is 0.0746. The van der Waals surface area contributed by atoms with Crippen LogP contribution in [0.4, 0.5) is 0 Å². The molecule has 1 rings (SSSR count). The monoisotopic (exact) mass is 219 g/mol. The first-order valence-electron chi connectivity index (χ1n) is 4.89. The summed E-state index contributed by atoms with van der Waals surface area (Å²) in [6.45, 7) is 1.79. The Labute approximate surface area is 93.3 Å². The molecular formula is C11H13N3O2. The molecule has 1 N–H and O–H groups in total. The molecule has 1 heterocycles. The van der Waals surface area contributed by atoms with Gasteiger partial charge in [-0.15, -0.1) is 0 Å². The van der Waals surface area contributed by atoms with Gasteiger partial charge in [-0.3, -0.25) is 9.59 Å². The lowest BCUT2D eigenvalue weighted by atomic mass is 10.2. The second kappa shape index (κ2) is 5.12. The number of H-pyrrole nitrogens is 1. The number of aromatic nitrogens is 1. The van der Waals surface area contributed by atoms with Gasteiger partial charge in [-0.25, -0.2) is 0 Å². The summed E-state index contributed by atoms with van der Waals surface area (Å²) in [7, 11) is 1.62. The van der Waals surface area contributed by atoms with E-state index in [9.17, 15) is 9.59 Å². The van der Waals surface area contributed by atoms with E-state index in [-0.39, 0.29) is 23.9 Å². The fourth-order valence-corrected chi connectivity index (χ4v) is 1.25. The summed E-state index contributed by atoms with van der Waals surface area (Å²) in [5.74, 6) is -0.256. The molecule has 1 unspecified atom stereocenters. The average Bonchev–Trinajstić information content (AvgIpc) is 2.27. The molecule has 0 saturated carbocycles. The molecule has 1 atom stereocenters. The molecule has 0 bridgehead atoms. The number of carbonyl (C=O) groups is 1. The Morgan fingerprint density at radius 1 is 1.69 bits per heavy atom. The largest absolute Gasteiger partial charge is 0.338 e. The lowest BCUT2D eigenvalue weighted by Crippen LogP contribution is -2.35. The molecule has 1 amide bonds. The van der Waals surface area contributed by atoms with Crippen LogP contribution in [0.2, 0.25) is 0 Å². The number of nitriles is 1. The van der Waals surface area contributed by atoms with Crippen molar-refractivity contribution in [1.29, 1.82) is 5.26 Å². The average molecular weight is 219 g/mol. The SMILES string of the molecule is CC(CC#N)N(C)C(=O)c1cc[nH]c(=O)c1. The maximum Gasteiger partial charge on any atom is 0.254 e. The van der Waals surface area contributed by atoms with Gasteiger partial charge in [0.05, 0.1) is 12.5 Å². The summed E-state index contributed by atoms with van der Waals surface area (Å²) in [5, 5.41) is 8.54. The quantitative estimate of drug-likeness (QED) is 0.814. The summed E-state index contributed by atoms with van der Waals surface area (Å²) in [6, 6.07) is 4.62. The van der Waals surface area contributed by atoms with Crippen LogP contribution in [0.1, 0.15) is 23.7 Å². The first kappa shape index (κ1) is 12.0. The Balaban J connectivity index is 2.87. The highest BCUT2D eigenvalue weighted by molar-refractivity contribution is 5.94.